The second-order valence-electron chi connectivity index (χ2n) is 7.89. The first kappa shape index (κ1) is 15.9. The smallest absolute Gasteiger partial charge is 0.184 e. The molecule has 0 aromatic carbocycles. The highest BCUT2D eigenvalue weighted by molar-refractivity contribution is 6.69. The Bertz CT molecular complexity index is 426. The van der Waals surface area contributed by atoms with Crippen molar-refractivity contribution in [3.8, 4) is 12.3 Å². The van der Waals surface area contributed by atoms with E-state index < -0.39 is 8.32 Å². The lowest BCUT2D eigenvalue weighted by Crippen LogP contribution is -2.45. The SMILES string of the molecule is C#CC[C@@H](C)C1=CC[C@H]2[C@@H](O[Si](C)(C)C)CCC[C@]12C. The monoisotopic (exact) mass is 290 g/mol. The molecule has 1 saturated carbocycles. The van der Waals surface area contributed by atoms with Gasteiger partial charge in [0.2, 0.25) is 0 Å². The van der Waals surface area contributed by atoms with Gasteiger partial charge in [-0.3, -0.25) is 0 Å². The van der Waals surface area contributed by atoms with Gasteiger partial charge in [0.05, 0.1) is 0 Å². The molecule has 2 heteroatoms. The van der Waals surface area contributed by atoms with Gasteiger partial charge in [-0.05, 0) is 56.2 Å². The molecule has 0 amide bonds. The maximum Gasteiger partial charge on any atom is 0.184 e. The topological polar surface area (TPSA) is 9.23 Å². The summed E-state index contributed by atoms with van der Waals surface area (Å²) in [7, 11) is -1.46. The minimum absolute atomic E-state index is 0.332. The van der Waals surface area contributed by atoms with Crippen molar-refractivity contribution in [1.29, 1.82) is 0 Å². The Hall–Kier alpha value is -0.523. The Labute approximate surface area is 126 Å². The fourth-order valence-electron chi connectivity index (χ4n) is 4.37. The Morgan fingerprint density at radius 3 is 2.80 bits per heavy atom. The number of allylic oxidation sites excluding steroid dienone is 2. The quantitative estimate of drug-likeness (QED) is 0.402. The van der Waals surface area contributed by atoms with Crippen LogP contribution in [0, 0.1) is 29.6 Å². The van der Waals surface area contributed by atoms with Gasteiger partial charge >= 0.3 is 0 Å². The van der Waals surface area contributed by atoms with Gasteiger partial charge in [0.25, 0.3) is 0 Å². The van der Waals surface area contributed by atoms with Crippen molar-refractivity contribution in [2.75, 3.05) is 0 Å². The fourth-order valence-corrected chi connectivity index (χ4v) is 5.56. The van der Waals surface area contributed by atoms with Gasteiger partial charge in [-0.2, -0.15) is 0 Å². The van der Waals surface area contributed by atoms with E-state index in [0.717, 1.165) is 6.42 Å². The molecule has 0 heterocycles. The van der Waals surface area contributed by atoms with Crippen molar-refractivity contribution in [3.63, 3.8) is 0 Å². The van der Waals surface area contributed by atoms with E-state index >= 15 is 0 Å². The summed E-state index contributed by atoms with van der Waals surface area (Å²) in [6.07, 6.45) is 14.4. The molecule has 20 heavy (non-hydrogen) atoms. The molecule has 2 rings (SSSR count). The van der Waals surface area contributed by atoms with Crippen LogP contribution in [-0.4, -0.2) is 14.4 Å². The normalized spacial score (nSPS) is 35.1. The zero-order valence-electron chi connectivity index (χ0n) is 13.8. The molecule has 0 aromatic rings. The predicted molar refractivity (Wildman–Crippen MR) is 89.0 cm³/mol. The summed E-state index contributed by atoms with van der Waals surface area (Å²) < 4.78 is 6.51. The Morgan fingerprint density at radius 1 is 1.50 bits per heavy atom. The van der Waals surface area contributed by atoms with Crippen molar-refractivity contribution in [2.45, 2.75) is 71.7 Å². The Balaban J connectivity index is 2.16. The van der Waals surface area contributed by atoms with Gasteiger partial charge in [-0.1, -0.05) is 31.9 Å². The summed E-state index contributed by atoms with van der Waals surface area (Å²) >= 11 is 0. The van der Waals surface area contributed by atoms with E-state index in [0.29, 0.717) is 23.4 Å². The van der Waals surface area contributed by atoms with E-state index in [1.807, 2.05) is 0 Å². The van der Waals surface area contributed by atoms with E-state index in [9.17, 15) is 0 Å². The molecule has 112 valence electrons. The highest BCUT2D eigenvalue weighted by atomic mass is 28.4. The van der Waals surface area contributed by atoms with Crippen LogP contribution in [0.15, 0.2) is 11.6 Å². The van der Waals surface area contributed by atoms with Crippen LogP contribution in [0.4, 0.5) is 0 Å². The third kappa shape index (κ3) is 3.04. The number of fused-ring (bicyclic) bond motifs is 1. The van der Waals surface area contributed by atoms with Crippen LogP contribution >= 0.6 is 0 Å². The molecule has 1 nitrogen and oxygen atoms in total. The minimum Gasteiger partial charge on any atom is -0.414 e. The van der Waals surface area contributed by atoms with Gasteiger partial charge in [-0.15, -0.1) is 12.3 Å². The second kappa shape index (κ2) is 5.70. The molecule has 0 N–H and O–H groups in total. The molecule has 2 aliphatic rings. The molecular formula is C18H30OSi. The first-order chi connectivity index (χ1) is 9.28. The van der Waals surface area contributed by atoms with Gasteiger partial charge in [-0.25, -0.2) is 0 Å². The van der Waals surface area contributed by atoms with Crippen molar-refractivity contribution >= 4 is 8.32 Å². The van der Waals surface area contributed by atoms with Crippen molar-refractivity contribution in [3.05, 3.63) is 11.6 Å². The van der Waals surface area contributed by atoms with Crippen LogP contribution in [0.3, 0.4) is 0 Å². The summed E-state index contributed by atoms with van der Waals surface area (Å²) in [4.78, 5) is 0. The maximum absolute atomic E-state index is 6.51. The number of hydrogen-bond donors (Lipinski definition) is 0. The van der Waals surface area contributed by atoms with Crippen molar-refractivity contribution in [2.24, 2.45) is 17.3 Å². The summed E-state index contributed by atoms with van der Waals surface area (Å²) in [5.74, 6) is 4.05. The third-order valence-electron chi connectivity index (χ3n) is 5.16. The molecule has 1 fully saturated rings. The molecule has 0 aromatic heterocycles. The van der Waals surface area contributed by atoms with Gasteiger partial charge in [0, 0.05) is 12.5 Å². The van der Waals surface area contributed by atoms with Crippen LogP contribution in [0.2, 0.25) is 19.6 Å². The van der Waals surface area contributed by atoms with Crippen LogP contribution in [0.25, 0.3) is 0 Å². The molecule has 0 aliphatic heterocycles. The largest absolute Gasteiger partial charge is 0.414 e. The molecule has 0 saturated heterocycles. The zero-order valence-corrected chi connectivity index (χ0v) is 14.8. The van der Waals surface area contributed by atoms with Crippen LogP contribution in [0.1, 0.15) is 46.0 Å². The highest BCUT2D eigenvalue weighted by Gasteiger charge is 2.49. The maximum atomic E-state index is 6.51. The molecule has 0 radical (unpaired) electrons. The van der Waals surface area contributed by atoms with E-state index in [4.69, 9.17) is 10.8 Å². The summed E-state index contributed by atoms with van der Waals surface area (Å²) in [6, 6.07) is 0. The van der Waals surface area contributed by atoms with E-state index in [2.05, 4.69) is 45.5 Å². The summed E-state index contributed by atoms with van der Waals surface area (Å²) in [6.45, 7) is 11.7. The molecule has 0 unspecified atom stereocenters. The first-order valence-electron chi connectivity index (χ1n) is 8.10. The number of hydrogen-bond acceptors (Lipinski definition) is 1. The lowest BCUT2D eigenvalue weighted by molar-refractivity contribution is 0.0203. The Morgan fingerprint density at radius 2 is 2.20 bits per heavy atom. The minimum atomic E-state index is -1.46. The Kier molecular flexibility index (Phi) is 4.52. The van der Waals surface area contributed by atoms with Gasteiger partial charge < -0.3 is 4.43 Å². The van der Waals surface area contributed by atoms with Crippen LogP contribution in [0.5, 0.6) is 0 Å². The van der Waals surface area contributed by atoms with E-state index in [-0.39, 0.29) is 0 Å². The lowest BCUT2D eigenvalue weighted by atomic mass is 9.63. The lowest BCUT2D eigenvalue weighted by Gasteiger charge is -2.46. The van der Waals surface area contributed by atoms with Crippen LogP contribution in [-0.2, 0) is 4.43 Å². The molecule has 0 spiro atoms. The number of terminal acetylenes is 1. The van der Waals surface area contributed by atoms with Gasteiger partial charge in [0.15, 0.2) is 8.32 Å². The summed E-state index contributed by atoms with van der Waals surface area (Å²) in [5.41, 5.74) is 1.95. The second-order valence-corrected chi connectivity index (χ2v) is 12.3. The average Bonchev–Trinajstić information content (AvgIpc) is 2.65. The molecule has 2 aliphatic carbocycles. The van der Waals surface area contributed by atoms with E-state index in [1.54, 1.807) is 5.57 Å². The standard InChI is InChI=1S/C18H30OSi/c1-7-9-14(2)15-11-12-16-17(19-20(4,5)6)10-8-13-18(15,16)3/h1,11,14,16-17H,8-10,12-13H2,2-6H3/t14-,16+,17+,18-/m1/s1. The van der Waals surface area contributed by atoms with Crippen LogP contribution < -0.4 is 0 Å². The van der Waals surface area contributed by atoms with Crippen molar-refractivity contribution in [1.82, 2.24) is 0 Å². The fraction of sp³-hybridized carbons (Fsp3) is 0.778. The first-order valence-corrected chi connectivity index (χ1v) is 11.5. The predicted octanol–water partition coefficient (Wildman–Crippen LogP) is 5.00. The zero-order chi connectivity index (χ0) is 15.0. The highest BCUT2D eigenvalue weighted by Crippen LogP contribution is 2.55. The molecule has 4 atom stereocenters. The van der Waals surface area contributed by atoms with Gasteiger partial charge in [0.1, 0.15) is 0 Å². The van der Waals surface area contributed by atoms with Crippen molar-refractivity contribution < 1.29 is 4.43 Å². The van der Waals surface area contributed by atoms with E-state index in [1.165, 1.54) is 25.7 Å². The summed E-state index contributed by atoms with van der Waals surface area (Å²) in [5, 5.41) is 0. The molecule has 0 bridgehead atoms. The number of rotatable bonds is 4. The molecular weight excluding hydrogens is 260 g/mol. The average molecular weight is 291 g/mol. The third-order valence-corrected chi connectivity index (χ3v) is 6.17.